The Morgan fingerprint density at radius 1 is 1.13 bits per heavy atom. The van der Waals surface area contributed by atoms with Crippen LogP contribution in [0.25, 0.3) is 10.9 Å². The lowest BCUT2D eigenvalue weighted by Crippen LogP contribution is -2.48. The van der Waals surface area contributed by atoms with E-state index in [1.165, 1.54) is 4.57 Å². The molecule has 1 fully saturated rings. The van der Waals surface area contributed by atoms with E-state index < -0.39 is 17.3 Å². The molecule has 7 heteroatoms. The van der Waals surface area contributed by atoms with Crippen molar-refractivity contribution in [3.05, 3.63) is 81.0 Å². The molecule has 2 heterocycles. The Labute approximate surface area is 173 Å². The summed E-state index contributed by atoms with van der Waals surface area (Å²) in [6.45, 7) is 1.06. The van der Waals surface area contributed by atoms with Gasteiger partial charge in [0.15, 0.2) is 0 Å². The van der Waals surface area contributed by atoms with Gasteiger partial charge in [-0.3, -0.25) is 14.2 Å². The number of amides is 1. The fraction of sp³-hybridized carbons (Fsp3) is 0.348. The molecule has 1 saturated heterocycles. The summed E-state index contributed by atoms with van der Waals surface area (Å²) in [7, 11) is 1.62. The molecule has 1 N–H and O–H groups in total. The molecule has 2 atom stereocenters. The van der Waals surface area contributed by atoms with Gasteiger partial charge in [-0.2, -0.15) is 0 Å². The lowest BCUT2D eigenvalue weighted by atomic mass is 10.0. The van der Waals surface area contributed by atoms with Crippen molar-refractivity contribution < 1.29 is 9.53 Å². The molecule has 0 radical (unpaired) electrons. The third kappa shape index (κ3) is 3.93. The van der Waals surface area contributed by atoms with Crippen LogP contribution >= 0.6 is 0 Å². The van der Waals surface area contributed by atoms with Crippen LogP contribution in [-0.2, 0) is 23.0 Å². The number of ether oxygens (including phenoxy) is 1. The SMILES string of the molecule is Cn1c(=O)n([C@@H](Cc2ccccc2)C(=O)NCC2CCCO2)c(=O)c2ccccc21. The highest BCUT2D eigenvalue weighted by Crippen LogP contribution is 2.15. The molecule has 7 nitrogen and oxygen atoms in total. The number of fused-ring (bicyclic) bond motifs is 1. The normalized spacial score (nSPS) is 17.2. The van der Waals surface area contributed by atoms with Crippen molar-refractivity contribution in [2.45, 2.75) is 31.4 Å². The number of carbonyl (C=O) groups excluding carboxylic acids is 1. The topological polar surface area (TPSA) is 82.3 Å². The van der Waals surface area contributed by atoms with Crippen LogP contribution < -0.4 is 16.6 Å². The fourth-order valence-corrected chi connectivity index (χ4v) is 3.98. The van der Waals surface area contributed by atoms with E-state index in [1.54, 1.807) is 31.3 Å². The van der Waals surface area contributed by atoms with Gasteiger partial charge in [0.05, 0.1) is 17.0 Å². The number of para-hydroxylation sites is 1. The van der Waals surface area contributed by atoms with E-state index in [1.807, 2.05) is 30.3 Å². The predicted molar refractivity (Wildman–Crippen MR) is 115 cm³/mol. The number of rotatable bonds is 6. The van der Waals surface area contributed by atoms with Gasteiger partial charge in [0.1, 0.15) is 6.04 Å². The van der Waals surface area contributed by atoms with Gasteiger partial charge >= 0.3 is 5.69 Å². The number of aromatic nitrogens is 2. The van der Waals surface area contributed by atoms with E-state index in [0.717, 1.165) is 23.0 Å². The minimum atomic E-state index is -0.954. The molecule has 0 aliphatic carbocycles. The zero-order valence-electron chi connectivity index (χ0n) is 16.9. The summed E-state index contributed by atoms with van der Waals surface area (Å²) in [5, 5.41) is 3.30. The van der Waals surface area contributed by atoms with Crippen LogP contribution in [0.4, 0.5) is 0 Å². The Hall–Kier alpha value is -3.19. The highest BCUT2D eigenvalue weighted by Gasteiger charge is 2.27. The van der Waals surface area contributed by atoms with Crippen LogP contribution in [0.5, 0.6) is 0 Å². The minimum absolute atomic E-state index is 0.0255. The molecule has 30 heavy (non-hydrogen) atoms. The lowest BCUT2D eigenvalue weighted by Gasteiger charge is -2.21. The third-order valence-corrected chi connectivity index (χ3v) is 5.62. The first kappa shape index (κ1) is 20.1. The largest absolute Gasteiger partial charge is 0.376 e. The number of hydrogen-bond acceptors (Lipinski definition) is 4. The summed E-state index contributed by atoms with van der Waals surface area (Å²) in [5.41, 5.74) is 0.452. The predicted octanol–water partition coefficient (Wildman–Crippen LogP) is 1.78. The first-order chi connectivity index (χ1) is 14.6. The van der Waals surface area contributed by atoms with E-state index in [0.29, 0.717) is 24.1 Å². The zero-order chi connectivity index (χ0) is 21.1. The third-order valence-electron chi connectivity index (χ3n) is 5.62. The maximum Gasteiger partial charge on any atom is 0.331 e. The van der Waals surface area contributed by atoms with Crippen LogP contribution in [0, 0.1) is 0 Å². The number of benzene rings is 2. The van der Waals surface area contributed by atoms with Gasteiger partial charge in [-0.25, -0.2) is 9.36 Å². The molecule has 1 amide bonds. The zero-order valence-corrected chi connectivity index (χ0v) is 16.9. The molecule has 156 valence electrons. The van der Waals surface area contributed by atoms with Crippen LogP contribution in [-0.4, -0.2) is 34.3 Å². The first-order valence-electron chi connectivity index (χ1n) is 10.2. The number of nitrogens with one attached hydrogen (secondary N) is 1. The van der Waals surface area contributed by atoms with E-state index in [4.69, 9.17) is 4.74 Å². The number of aryl methyl sites for hydroxylation is 1. The Morgan fingerprint density at radius 2 is 1.87 bits per heavy atom. The number of nitrogens with zero attached hydrogens (tertiary/aromatic N) is 2. The van der Waals surface area contributed by atoms with Crippen LogP contribution in [0.2, 0.25) is 0 Å². The fourth-order valence-electron chi connectivity index (χ4n) is 3.98. The molecule has 1 aliphatic rings. The highest BCUT2D eigenvalue weighted by molar-refractivity contribution is 5.82. The second kappa shape index (κ2) is 8.67. The molecule has 4 rings (SSSR count). The monoisotopic (exact) mass is 407 g/mol. The Morgan fingerprint density at radius 3 is 2.60 bits per heavy atom. The maximum absolute atomic E-state index is 13.2. The van der Waals surface area contributed by atoms with Crippen LogP contribution in [0.1, 0.15) is 24.4 Å². The van der Waals surface area contributed by atoms with Crippen molar-refractivity contribution in [3.63, 3.8) is 0 Å². The van der Waals surface area contributed by atoms with Gasteiger partial charge in [0.25, 0.3) is 5.56 Å². The molecular formula is C23H25N3O4. The minimum Gasteiger partial charge on any atom is -0.376 e. The molecular weight excluding hydrogens is 382 g/mol. The number of hydrogen-bond donors (Lipinski definition) is 1. The highest BCUT2D eigenvalue weighted by atomic mass is 16.5. The molecule has 1 unspecified atom stereocenters. The number of carbonyl (C=O) groups is 1. The standard InChI is InChI=1S/C23H25N3O4/c1-25-19-12-6-5-11-18(19)22(28)26(23(25)29)20(14-16-8-3-2-4-9-16)21(27)24-15-17-10-7-13-30-17/h2-6,8-9,11-12,17,20H,7,10,13-15H2,1H3,(H,24,27)/t17?,20-/m0/s1. The lowest BCUT2D eigenvalue weighted by molar-refractivity contribution is -0.125. The van der Waals surface area contributed by atoms with Crippen molar-refractivity contribution in [2.75, 3.05) is 13.2 Å². The van der Waals surface area contributed by atoms with Crippen molar-refractivity contribution in [2.24, 2.45) is 7.05 Å². The van der Waals surface area contributed by atoms with E-state index >= 15 is 0 Å². The first-order valence-corrected chi connectivity index (χ1v) is 10.2. The Bertz CT molecular complexity index is 1160. The summed E-state index contributed by atoms with van der Waals surface area (Å²) in [6, 6.07) is 15.4. The Kier molecular flexibility index (Phi) is 5.81. The maximum atomic E-state index is 13.2. The smallest absolute Gasteiger partial charge is 0.331 e. The van der Waals surface area contributed by atoms with E-state index in [-0.39, 0.29) is 18.4 Å². The van der Waals surface area contributed by atoms with Crippen molar-refractivity contribution >= 4 is 16.8 Å². The van der Waals surface area contributed by atoms with Gasteiger partial charge in [0, 0.05) is 26.6 Å². The Balaban J connectivity index is 1.76. The molecule has 0 bridgehead atoms. The summed E-state index contributed by atoms with van der Waals surface area (Å²) >= 11 is 0. The van der Waals surface area contributed by atoms with E-state index in [2.05, 4.69) is 5.32 Å². The van der Waals surface area contributed by atoms with Gasteiger partial charge in [-0.1, -0.05) is 42.5 Å². The van der Waals surface area contributed by atoms with Gasteiger partial charge in [-0.05, 0) is 30.5 Å². The summed E-state index contributed by atoms with van der Waals surface area (Å²) in [5.74, 6) is -0.358. The molecule has 1 aromatic heterocycles. The average molecular weight is 407 g/mol. The average Bonchev–Trinajstić information content (AvgIpc) is 3.30. The summed E-state index contributed by atoms with van der Waals surface area (Å²) < 4.78 is 8.08. The molecule has 1 aliphatic heterocycles. The summed E-state index contributed by atoms with van der Waals surface area (Å²) in [6.07, 6.45) is 2.08. The quantitative estimate of drug-likeness (QED) is 0.675. The van der Waals surface area contributed by atoms with Crippen LogP contribution in [0.3, 0.4) is 0 Å². The van der Waals surface area contributed by atoms with Crippen molar-refractivity contribution in [1.29, 1.82) is 0 Å². The van der Waals surface area contributed by atoms with Crippen molar-refractivity contribution in [3.8, 4) is 0 Å². The van der Waals surface area contributed by atoms with Crippen molar-refractivity contribution in [1.82, 2.24) is 14.5 Å². The second-order valence-electron chi connectivity index (χ2n) is 7.62. The summed E-state index contributed by atoms with van der Waals surface area (Å²) in [4.78, 5) is 39.5. The van der Waals surface area contributed by atoms with Crippen LogP contribution in [0.15, 0.2) is 64.2 Å². The second-order valence-corrected chi connectivity index (χ2v) is 7.62. The van der Waals surface area contributed by atoms with Gasteiger partial charge in [0.2, 0.25) is 5.91 Å². The van der Waals surface area contributed by atoms with E-state index in [9.17, 15) is 14.4 Å². The molecule has 0 saturated carbocycles. The molecule has 3 aromatic rings. The van der Waals surface area contributed by atoms with Gasteiger partial charge < -0.3 is 10.1 Å². The van der Waals surface area contributed by atoms with Gasteiger partial charge in [-0.15, -0.1) is 0 Å². The molecule has 0 spiro atoms. The molecule has 2 aromatic carbocycles.